The van der Waals surface area contributed by atoms with Crippen molar-refractivity contribution in [3.63, 3.8) is 0 Å². The molecule has 0 aromatic heterocycles. The average Bonchev–Trinajstić information content (AvgIpc) is 2.40. The summed E-state index contributed by atoms with van der Waals surface area (Å²) in [6, 6.07) is 4.78. The largest absolute Gasteiger partial charge is 0.507 e. The number of carbonyl (C=O) groups excluding carboxylic acids is 1. The van der Waals surface area contributed by atoms with Gasteiger partial charge in [0.15, 0.2) is 0 Å². The van der Waals surface area contributed by atoms with E-state index in [9.17, 15) is 9.90 Å². The lowest BCUT2D eigenvalue weighted by atomic mass is 9.69. The van der Waals surface area contributed by atoms with Crippen LogP contribution in [0.1, 0.15) is 29.6 Å². The van der Waals surface area contributed by atoms with Gasteiger partial charge in [-0.05, 0) is 25.0 Å². The third-order valence-corrected chi connectivity index (χ3v) is 3.94. The molecule has 5 nitrogen and oxygen atoms in total. The second-order valence-corrected chi connectivity index (χ2v) is 5.32. The molecule has 2 rings (SSSR count). The molecule has 0 spiro atoms. The molecular formula is C15H21NO4. The first-order valence-electron chi connectivity index (χ1n) is 6.75. The molecule has 5 heteroatoms. The summed E-state index contributed by atoms with van der Waals surface area (Å²) in [7, 11) is 3.15. The summed E-state index contributed by atoms with van der Waals surface area (Å²) in [5, 5.41) is 12.7. The monoisotopic (exact) mass is 279 g/mol. The lowest BCUT2D eigenvalue weighted by molar-refractivity contribution is 0.0179. The molecular weight excluding hydrogens is 258 g/mol. The van der Waals surface area contributed by atoms with E-state index in [-0.39, 0.29) is 22.6 Å². The van der Waals surface area contributed by atoms with Crippen molar-refractivity contribution in [3.8, 4) is 11.5 Å². The van der Waals surface area contributed by atoms with Crippen LogP contribution in [0.5, 0.6) is 11.5 Å². The first-order valence-corrected chi connectivity index (χ1v) is 6.75. The van der Waals surface area contributed by atoms with Gasteiger partial charge in [0.1, 0.15) is 17.1 Å². The number of aromatic hydroxyl groups is 1. The number of phenols is 1. The maximum absolute atomic E-state index is 12.2. The molecule has 0 unspecified atom stereocenters. The Morgan fingerprint density at radius 3 is 2.70 bits per heavy atom. The molecule has 1 amide bonds. The van der Waals surface area contributed by atoms with Gasteiger partial charge in [-0.3, -0.25) is 4.79 Å². The molecule has 1 fully saturated rings. The van der Waals surface area contributed by atoms with Crippen molar-refractivity contribution >= 4 is 5.91 Å². The van der Waals surface area contributed by atoms with Crippen LogP contribution < -0.4 is 10.1 Å². The van der Waals surface area contributed by atoms with Gasteiger partial charge in [0, 0.05) is 19.1 Å². The summed E-state index contributed by atoms with van der Waals surface area (Å²) in [5.41, 5.74) is 0.226. The van der Waals surface area contributed by atoms with E-state index in [1.165, 1.54) is 19.6 Å². The predicted octanol–water partition coefficient (Wildman–Crippen LogP) is 1.95. The first kappa shape index (κ1) is 14.7. The molecule has 0 saturated heterocycles. The van der Waals surface area contributed by atoms with Crippen molar-refractivity contribution in [2.75, 3.05) is 27.4 Å². The molecule has 0 atom stereocenters. The number of rotatable bonds is 6. The summed E-state index contributed by atoms with van der Waals surface area (Å²) in [5.74, 6) is -0.0181. The van der Waals surface area contributed by atoms with Crippen LogP contribution in [-0.2, 0) is 4.74 Å². The van der Waals surface area contributed by atoms with E-state index in [1.54, 1.807) is 19.2 Å². The zero-order valence-corrected chi connectivity index (χ0v) is 11.9. The van der Waals surface area contributed by atoms with Crippen LogP contribution in [0, 0.1) is 5.41 Å². The van der Waals surface area contributed by atoms with Crippen molar-refractivity contribution in [2.24, 2.45) is 5.41 Å². The lowest BCUT2D eigenvalue weighted by Gasteiger charge is -2.41. The topological polar surface area (TPSA) is 67.8 Å². The van der Waals surface area contributed by atoms with E-state index in [2.05, 4.69) is 5.32 Å². The SMILES string of the molecule is COCC1(CNC(=O)c2c(O)cccc2OC)CCC1. The normalized spacial score (nSPS) is 16.3. The van der Waals surface area contributed by atoms with Gasteiger partial charge in [0.25, 0.3) is 5.91 Å². The highest BCUT2D eigenvalue weighted by molar-refractivity contribution is 5.99. The van der Waals surface area contributed by atoms with Crippen LogP contribution in [0.4, 0.5) is 0 Å². The molecule has 1 saturated carbocycles. The van der Waals surface area contributed by atoms with Crippen LogP contribution >= 0.6 is 0 Å². The summed E-state index contributed by atoms with van der Waals surface area (Å²) in [4.78, 5) is 12.2. The second kappa shape index (κ2) is 6.13. The molecule has 1 aromatic carbocycles. The Hall–Kier alpha value is -1.75. The Labute approximate surface area is 118 Å². The van der Waals surface area contributed by atoms with Crippen molar-refractivity contribution in [3.05, 3.63) is 23.8 Å². The van der Waals surface area contributed by atoms with Crippen molar-refractivity contribution < 1.29 is 19.4 Å². The molecule has 0 heterocycles. The zero-order chi connectivity index (χ0) is 14.6. The highest BCUT2D eigenvalue weighted by Crippen LogP contribution is 2.40. The van der Waals surface area contributed by atoms with Crippen LogP contribution in [-0.4, -0.2) is 38.4 Å². The average molecular weight is 279 g/mol. The molecule has 1 aromatic rings. The number of ether oxygens (including phenoxy) is 2. The molecule has 2 N–H and O–H groups in total. The van der Waals surface area contributed by atoms with E-state index in [0.717, 1.165) is 12.8 Å². The highest BCUT2D eigenvalue weighted by Gasteiger charge is 2.37. The molecule has 0 bridgehead atoms. The number of benzene rings is 1. The number of hydrogen-bond acceptors (Lipinski definition) is 4. The Bertz CT molecular complexity index is 483. The van der Waals surface area contributed by atoms with Gasteiger partial charge < -0.3 is 19.9 Å². The summed E-state index contributed by atoms with van der Waals surface area (Å²) in [6.45, 7) is 1.20. The summed E-state index contributed by atoms with van der Waals surface area (Å²) < 4.78 is 10.4. The summed E-state index contributed by atoms with van der Waals surface area (Å²) >= 11 is 0. The number of amides is 1. The van der Waals surface area contributed by atoms with Gasteiger partial charge >= 0.3 is 0 Å². The van der Waals surface area contributed by atoms with E-state index in [4.69, 9.17) is 9.47 Å². The predicted molar refractivity (Wildman–Crippen MR) is 75.2 cm³/mol. The minimum absolute atomic E-state index is 0.0437. The van der Waals surface area contributed by atoms with Gasteiger partial charge in [-0.15, -0.1) is 0 Å². The molecule has 0 aliphatic heterocycles. The van der Waals surface area contributed by atoms with Gasteiger partial charge in [-0.2, -0.15) is 0 Å². The quantitative estimate of drug-likeness (QED) is 0.835. The van der Waals surface area contributed by atoms with E-state index in [1.807, 2.05) is 0 Å². The van der Waals surface area contributed by atoms with Gasteiger partial charge in [0.2, 0.25) is 0 Å². The molecule has 20 heavy (non-hydrogen) atoms. The van der Waals surface area contributed by atoms with Gasteiger partial charge in [0.05, 0.1) is 13.7 Å². The number of phenolic OH excluding ortho intramolecular Hbond substituents is 1. The fraction of sp³-hybridized carbons (Fsp3) is 0.533. The van der Waals surface area contributed by atoms with E-state index >= 15 is 0 Å². The third-order valence-electron chi connectivity index (χ3n) is 3.94. The number of methoxy groups -OCH3 is 2. The Morgan fingerprint density at radius 2 is 2.15 bits per heavy atom. The zero-order valence-electron chi connectivity index (χ0n) is 11.9. The Balaban J connectivity index is 2.05. The molecule has 110 valence electrons. The van der Waals surface area contributed by atoms with Crippen molar-refractivity contribution in [2.45, 2.75) is 19.3 Å². The van der Waals surface area contributed by atoms with E-state index < -0.39 is 0 Å². The van der Waals surface area contributed by atoms with Crippen LogP contribution in [0.2, 0.25) is 0 Å². The van der Waals surface area contributed by atoms with Crippen LogP contribution in [0.15, 0.2) is 18.2 Å². The second-order valence-electron chi connectivity index (χ2n) is 5.32. The Kier molecular flexibility index (Phi) is 4.49. The summed E-state index contributed by atoms with van der Waals surface area (Å²) in [6.07, 6.45) is 3.27. The smallest absolute Gasteiger partial charge is 0.258 e. The van der Waals surface area contributed by atoms with E-state index in [0.29, 0.717) is 18.9 Å². The third kappa shape index (κ3) is 2.88. The van der Waals surface area contributed by atoms with Crippen LogP contribution in [0.3, 0.4) is 0 Å². The van der Waals surface area contributed by atoms with Gasteiger partial charge in [-0.25, -0.2) is 0 Å². The number of nitrogens with one attached hydrogen (secondary N) is 1. The highest BCUT2D eigenvalue weighted by atomic mass is 16.5. The molecule has 1 aliphatic rings. The maximum atomic E-state index is 12.2. The van der Waals surface area contributed by atoms with Crippen molar-refractivity contribution in [1.82, 2.24) is 5.32 Å². The molecule has 1 aliphatic carbocycles. The standard InChI is InChI=1S/C15H21NO4/c1-19-10-15(7-4-8-15)9-16-14(18)13-11(17)5-3-6-12(13)20-2/h3,5-6,17H,4,7-10H2,1-2H3,(H,16,18). The lowest BCUT2D eigenvalue weighted by Crippen LogP contribution is -2.45. The maximum Gasteiger partial charge on any atom is 0.258 e. The Morgan fingerprint density at radius 1 is 1.40 bits per heavy atom. The fourth-order valence-corrected chi connectivity index (χ4v) is 2.63. The first-order chi connectivity index (χ1) is 9.62. The van der Waals surface area contributed by atoms with Gasteiger partial charge in [-0.1, -0.05) is 12.5 Å². The van der Waals surface area contributed by atoms with Crippen LogP contribution in [0.25, 0.3) is 0 Å². The van der Waals surface area contributed by atoms with Crippen molar-refractivity contribution in [1.29, 1.82) is 0 Å². The minimum atomic E-state index is -0.317. The number of carbonyl (C=O) groups is 1. The fourth-order valence-electron chi connectivity index (χ4n) is 2.63. The number of hydrogen-bond donors (Lipinski definition) is 2. The molecule has 0 radical (unpaired) electrons. The minimum Gasteiger partial charge on any atom is -0.507 e.